The molecule has 1 aliphatic rings. The maximum atomic E-state index is 15.1. The van der Waals surface area contributed by atoms with Crippen LogP contribution in [0.15, 0.2) is 10.5 Å². The predicted octanol–water partition coefficient (Wildman–Crippen LogP) is 4.60. The number of oxazole rings is 1. The second-order valence-corrected chi connectivity index (χ2v) is 10.1. The Morgan fingerprint density at radius 1 is 1.29 bits per heavy atom. The van der Waals surface area contributed by atoms with Gasteiger partial charge in [0.25, 0.3) is 0 Å². The van der Waals surface area contributed by atoms with E-state index in [1.807, 2.05) is 20.8 Å². The van der Waals surface area contributed by atoms with Crippen LogP contribution < -0.4 is 0 Å². The largest absolute Gasteiger partial charge is 0.444 e. The molecule has 0 saturated heterocycles. The molecule has 0 N–H and O–H groups in total. The number of benzene rings is 1. The Morgan fingerprint density at radius 2 is 1.97 bits per heavy atom. The summed E-state index contributed by atoms with van der Waals surface area (Å²) in [4.78, 5) is 29.6. The third-order valence-corrected chi connectivity index (χ3v) is 5.08. The highest BCUT2D eigenvalue weighted by atomic mass is 19.1. The number of hydrogen-bond donors (Lipinski definition) is 0. The summed E-state index contributed by atoms with van der Waals surface area (Å²) in [6.45, 7) is 11.1. The van der Waals surface area contributed by atoms with Crippen molar-refractivity contribution < 1.29 is 27.9 Å². The van der Waals surface area contributed by atoms with Gasteiger partial charge in [-0.1, -0.05) is 0 Å². The van der Waals surface area contributed by atoms with Crippen LogP contribution in [0.1, 0.15) is 64.6 Å². The van der Waals surface area contributed by atoms with Crippen molar-refractivity contribution in [2.75, 3.05) is 13.7 Å². The molecule has 1 amide bonds. The first-order valence-electron chi connectivity index (χ1n) is 10.4. The first-order chi connectivity index (χ1) is 14.3. The van der Waals surface area contributed by atoms with Crippen LogP contribution in [-0.4, -0.2) is 47.1 Å². The highest BCUT2D eigenvalue weighted by Gasteiger charge is 2.33. The monoisotopic (exact) mass is 434 g/mol. The van der Waals surface area contributed by atoms with E-state index >= 15 is 4.39 Å². The Hall–Kier alpha value is -2.48. The number of carbonyl (C=O) groups is 2. The van der Waals surface area contributed by atoms with Gasteiger partial charge in [-0.05, 0) is 71.6 Å². The van der Waals surface area contributed by atoms with Gasteiger partial charge in [0, 0.05) is 13.0 Å². The van der Waals surface area contributed by atoms with Gasteiger partial charge in [0.1, 0.15) is 23.4 Å². The van der Waals surface area contributed by atoms with Gasteiger partial charge in [0.05, 0.1) is 12.2 Å². The van der Waals surface area contributed by atoms with Gasteiger partial charge in [-0.2, -0.15) is 0 Å². The van der Waals surface area contributed by atoms with Crippen LogP contribution in [0.4, 0.5) is 9.18 Å². The molecule has 1 aromatic heterocycles. The van der Waals surface area contributed by atoms with Crippen molar-refractivity contribution in [3.8, 4) is 0 Å². The van der Waals surface area contributed by atoms with Gasteiger partial charge in [-0.25, -0.2) is 14.2 Å². The molecule has 0 saturated carbocycles. The van der Waals surface area contributed by atoms with E-state index < -0.39 is 29.2 Å². The van der Waals surface area contributed by atoms with E-state index in [4.69, 9.17) is 13.9 Å². The highest BCUT2D eigenvalue weighted by molar-refractivity contribution is 5.77. The van der Waals surface area contributed by atoms with Crippen LogP contribution in [-0.2, 0) is 27.1 Å². The quantitative estimate of drug-likeness (QED) is 0.640. The van der Waals surface area contributed by atoms with Gasteiger partial charge < -0.3 is 18.7 Å². The molecule has 170 valence electrons. The minimum absolute atomic E-state index is 0.0265. The average molecular weight is 435 g/mol. The van der Waals surface area contributed by atoms with Crippen LogP contribution >= 0.6 is 0 Å². The first-order valence-corrected chi connectivity index (χ1v) is 10.4. The molecule has 1 heterocycles. The molecular weight excluding hydrogens is 403 g/mol. The smallest absolute Gasteiger partial charge is 0.410 e. The summed E-state index contributed by atoms with van der Waals surface area (Å²) in [5.74, 6) is -0.546. The van der Waals surface area contributed by atoms with Gasteiger partial charge in [0.15, 0.2) is 11.4 Å². The van der Waals surface area contributed by atoms with Crippen molar-refractivity contribution in [1.82, 2.24) is 9.88 Å². The maximum Gasteiger partial charge on any atom is 0.410 e. The summed E-state index contributed by atoms with van der Waals surface area (Å²) in [7, 11) is 1.57. The number of amides is 1. The number of ether oxygens (including phenoxy) is 2. The molecule has 7 nitrogen and oxygen atoms in total. The number of rotatable bonds is 5. The summed E-state index contributed by atoms with van der Waals surface area (Å²) in [5, 5.41) is 0. The molecule has 0 fully saturated rings. The van der Waals surface area contributed by atoms with Gasteiger partial charge in [0.2, 0.25) is 5.89 Å². The zero-order chi connectivity index (χ0) is 23.1. The summed E-state index contributed by atoms with van der Waals surface area (Å²) in [6.07, 6.45) is 1.14. The molecule has 0 radical (unpaired) electrons. The van der Waals surface area contributed by atoms with Crippen LogP contribution in [0.3, 0.4) is 0 Å². The number of hydrogen-bond acceptors (Lipinski definition) is 6. The van der Waals surface area contributed by atoms with Crippen LogP contribution in [0.2, 0.25) is 0 Å². The predicted molar refractivity (Wildman–Crippen MR) is 113 cm³/mol. The number of aromatic nitrogens is 1. The van der Waals surface area contributed by atoms with Crippen LogP contribution in [0.5, 0.6) is 0 Å². The summed E-state index contributed by atoms with van der Waals surface area (Å²) < 4.78 is 32.3. The minimum atomic E-state index is -0.710. The van der Waals surface area contributed by atoms with Crippen molar-refractivity contribution >= 4 is 23.5 Å². The number of halogens is 1. The second-order valence-electron chi connectivity index (χ2n) is 10.1. The average Bonchev–Trinajstić information content (AvgIpc) is 3.23. The fraction of sp³-hybridized carbons (Fsp3) is 0.609. The highest BCUT2D eigenvalue weighted by Crippen LogP contribution is 2.35. The lowest BCUT2D eigenvalue weighted by atomic mass is 10.1. The Kier molecular flexibility index (Phi) is 6.15. The fourth-order valence-corrected chi connectivity index (χ4v) is 3.53. The minimum Gasteiger partial charge on any atom is -0.444 e. The normalized spacial score (nSPS) is 17.5. The Labute approximate surface area is 181 Å². The van der Waals surface area contributed by atoms with E-state index in [2.05, 4.69) is 4.98 Å². The van der Waals surface area contributed by atoms with Gasteiger partial charge in [-0.3, -0.25) is 4.90 Å². The van der Waals surface area contributed by atoms with Gasteiger partial charge >= 0.3 is 6.09 Å². The molecule has 0 bridgehead atoms. The number of nitrogens with zero attached hydrogens (tertiary/aromatic N) is 2. The molecular formula is C23H31FN2O5. The number of fused-ring (bicyclic) bond motifs is 2. The van der Waals surface area contributed by atoms with Crippen molar-refractivity contribution in [3.63, 3.8) is 0 Å². The van der Waals surface area contributed by atoms with E-state index in [9.17, 15) is 9.59 Å². The molecule has 31 heavy (non-hydrogen) atoms. The van der Waals surface area contributed by atoms with Crippen LogP contribution in [0.25, 0.3) is 11.1 Å². The topological polar surface area (TPSA) is 81.9 Å². The lowest BCUT2D eigenvalue weighted by molar-refractivity contribution is -0.110. The Balaban J connectivity index is 1.97. The molecule has 2 aromatic rings. The summed E-state index contributed by atoms with van der Waals surface area (Å²) in [6, 6.07) is 1.05. The number of aldehydes is 1. The zero-order valence-electron chi connectivity index (χ0n) is 19.2. The summed E-state index contributed by atoms with van der Waals surface area (Å²) >= 11 is 0. The van der Waals surface area contributed by atoms with Crippen molar-refractivity contribution in [1.29, 1.82) is 0 Å². The molecule has 3 rings (SSSR count). The van der Waals surface area contributed by atoms with Crippen LogP contribution in [0, 0.1) is 11.7 Å². The zero-order valence-corrected chi connectivity index (χ0v) is 19.2. The Morgan fingerprint density at radius 3 is 2.55 bits per heavy atom. The lowest BCUT2D eigenvalue weighted by Crippen LogP contribution is -2.39. The molecule has 1 aliphatic carbocycles. The standard InChI is InChI=1S/C23H31FN2O5/c1-22(2,3)29-12-17(26(7)21(28)31-23(4,5)6)20-25-16-10-14-8-13(11-27)9-15(14)18(24)19(16)30-20/h10-11,13,17H,8-9,12H2,1-7H3. The second kappa shape index (κ2) is 8.22. The van der Waals surface area contributed by atoms with E-state index in [0.29, 0.717) is 23.9 Å². The molecule has 0 spiro atoms. The van der Waals surface area contributed by atoms with E-state index in [1.165, 1.54) is 4.90 Å². The molecule has 1 aromatic carbocycles. The third kappa shape index (κ3) is 5.23. The third-order valence-electron chi connectivity index (χ3n) is 5.08. The summed E-state index contributed by atoms with van der Waals surface area (Å²) in [5.41, 5.74) is 0.509. The number of likely N-dealkylation sites (N-methyl/N-ethyl adjacent to an activating group) is 1. The van der Waals surface area contributed by atoms with E-state index in [-0.39, 0.29) is 24.0 Å². The Bertz CT molecular complexity index is 986. The first kappa shape index (κ1) is 23.2. The maximum absolute atomic E-state index is 15.1. The van der Waals surface area contributed by atoms with E-state index in [1.54, 1.807) is 33.9 Å². The molecule has 2 unspecified atom stereocenters. The van der Waals surface area contributed by atoms with Crippen molar-refractivity contribution in [3.05, 3.63) is 28.9 Å². The molecule has 8 heteroatoms. The molecule has 0 aliphatic heterocycles. The van der Waals surface area contributed by atoms with Crippen molar-refractivity contribution in [2.45, 2.75) is 71.6 Å². The SMILES string of the molecule is CN(C(=O)OC(C)(C)C)C(COC(C)(C)C)c1nc2cc3c(c(F)c2o1)CC(C=O)C3. The van der Waals surface area contributed by atoms with Crippen molar-refractivity contribution in [2.24, 2.45) is 5.92 Å². The van der Waals surface area contributed by atoms with E-state index in [0.717, 1.165) is 11.8 Å². The lowest BCUT2D eigenvalue weighted by Gasteiger charge is -2.31. The fourth-order valence-electron chi connectivity index (χ4n) is 3.53. The van der Waals surface area contributed by atoms with Gasteiger partial charge in [-0.15, -0.1) is 0 Å². The molecule has 2 atom stereocenters. The number of carbonyl (C=O) groups excluding carboxylic acids is 2.